The molecule has 200 valence electrons. The third-order valence-electron chi connectivity index (χ3n) is 6.06. The number of benzene rings is 1. The quantitative estimate of drug-likeness (QED) is 0.218. The normalized spacial score (nSPS) is 28.5. The maximum absolute atomic E-state index is 13.2. The molecule has 2 aliphatic rings. The van der Waals surface area contributed by atoms with E-state index in [4.69, 9.17) is 68.6 Å². The molecule has 0 spiro atoms. The number of rotatable bonds is 7. The monoisotopic (exact) mass is 565 g/mol. The average Bonchev–Trinajstić information content (AvgIpc) is 2.80. The SMILES string of the molecule is CC(=O)OCCC(C)(C)C(=O)OC1[C@@H](OC(=N)C(Cl)(Cl)Cl)OC2COC(c3ccccc3)O[C@H]2[C@@H]1C. The van der Waals surface area contributed by atoms with Crippen LogP contribution >= 0.6 is 34.8 Å². The summed E-state index contributed by atoms with van der Waals surface area (Å²) in [6, 6.07) is 9.42. The summed E-state index contributed by atoms with van der Waals surface area (Å²) in [5, 5.41) is 8.00. The maximum Gasteiger partial charge on any atom is 0.312 e. The zero-order valence-electron chi connectivity index (χ0n) is 20.4. The number of alkyl halides is 3. The van der Waals surface area contributed by atoms with E-state index in [1.807, 2.05) is 37.3 Å². The van der Waals surface area contributed by atoms with E-state index in [-0.39, 0.29) is 19.6 Å². The van der Waals surface area contributed by atoms with E-state index >= 15 is 0 Å². The van der Waals surface area contributed by atoms with Crippen LogP contribution in [-0.2, 0) is 38.0 Å². The lowest BCUT2D eigenvalue weighted by molar-refractivity contribution is -0.343. The predicted octanol–water partition coefficient (Wildman–Crippen LogP) is 4.72. The van der Waals surface area contributed by atoms with Gasteiger partial charge in [-0.25, -0.2) is 0 Å². The van der Waals surface area contributed by atoms with Gasteiger partial charge in [-0.2, -0.15) is 0 Å². The molecule has 1 N–H and O–H groups in total. The summed E-state index contributed by atoms with van der Waals surface area (Å²) in [6.45, 7) is 6.69. The first kappa shape index (κ1) is 28.9. The van der Waals surface area contributed by atoms with Crippen LogP contribution in [0.15, 0.2) is 30.3 Å². The van der Waals surface area contributed by atoms with Crippen molar-refractivity contribution in [3.8, 4) is 0 Å². The third-order valence-corrected chi connectivity index (χ3v) is 6.58. The number of hydrogen-bond donors (Lipinski definition) is 1. The van der Waals surface area contributed by atoms with Crippen LogP contribution in [0.1, 0.15) is 46.0 Å². The van der Waals surface area contributed by atoms with E-state index < -0.39 is 63.9 Å². The highest BCUT2D eigenvalue weighted by atomic mass is 35.6. The molecule has 0 aliphatic carbocycles. The molecule has 1 aromatic rings. The lowest BCUT2D eigenvalue weighted by Crippen LogP contribution is -2.60. The van der Waals surface area contributed by atoms with Crippen molar-refractivity contribution >= 4 is 52.6 Å². The molecule has 0 aromatic heterocycles. The summed E-state index contributed by atoms with van der Waals surface area (Å²) < 4.78 is 32.3. The van der Waals surface area contributed by atoms with E-state index in [1.54, 1.807) is 13.8 Å². The Hall–Kier alpha value is -1.62. The van der Waals surface area contributed by atoms with Crippen LogP contribution in [0, 0.1) is 16.7 Å². The van der Waals surface area contributed by atoms with Crippen molar-refractivity contribution in [1.82, 2.24) is 0 Å². The highest BCUT2D eigenvalue weighted by Crippen LogP contribution is 2.40. The minimum atomic E-state index is -2.14. The van der Waals surface area contributed by atoms with E-state index in [0.29, 0.717) is 0 Å². The maximum atomic E-state index is 13.2. The molecule has 12 heteroatoms. The van der Waals surface area contributed by atoms with Gasteiger partial charge in [-0.3, -0.25) is 15.0 Å². The Balaban J connectivity index is 1.79. The molecule has 3 unspecified atom stereocenters. The number of carbonyl (C=O) groups is 2. The smallest absolute Gasteiger partial charge is 0.312 e. The molecule has 0 saturated carbocycles. The summed E-state index contributed by atoms with van der Waals surface area (Å²) >= 11 is 17.4. The Kier molecular flexibility index (Phi) is 9.52. The zero-order valence-corrected chi connectivity index (χ0v) is 22.6. The van der Waals surface area contributed by atoms with Gasteiger partial charge in [-0.15, -0.1) is 0 Å². The third kappa shape index (κ3) is 7.24. The largest absolute Gasteiger partial charge is 0.466 e. The van der Waals surface area contributed by atoms with Crippen LogP contribution in [0.25, 0.3) is 0 Å². The van der Waals surface area contributed by atoms with Crippen molar-refractivity contribution in [2.24, 2.45) is 11.3 Å². The van der Waals surface area contributed by atoms with E-state index in [2.05, 4.69) is 0 Å². The molecule has 1 aromatic carbocycles. The minimum absolute atomic E-state index is 0.0515. The van der Waals surface area contributed by atoms with Crippen molar-refractivity contribution in [2.75, 3.05) is 13.2 Å². The van der Waals surface area contributed by atoms with Crippen LogP contribution in [0.4, 0.5) is 0 Å². The van der Waals surface area contributed by atoms with Crippen molar-refractivity contribution in [2.45, 2.75) is 68.8 Å². The molecule has 0 amide bonds. The predicted molar refractivity (Wildman–Crippen MR) is 132 cm³/mol. The zero-order chi connectivity index (χ0) is 26.7. The Labute approximate surface area is 225 Å². The van der Waals surface area contributed by atoms with Gasteiger partial charge < -0.3 is 28.4 Å². The van der Waals surface area contributed by atoms with Gasteiger partial charge in [0.2, 0.25) is 12.2 Å². The molecule has 0 radical (unpaired) electrons. The van der Waals surface area contributed by atoms with Gasteiger partial charge in [0.05, 0.1) is 24.7 Å². The van der Waals surface area contributed by atoms with E-state index in [0.717, 1.165) is 5.56 Å². The first-order valence-corrected chi connectivity index (χ1v) is 12.6. The molecule has 2 aliphatic heterocycles. The Morgan fingerprint density at radius 2 is 1.78 bits per heavy atom. The van der Waals surface area contributed by atoms with Gasteiger partial charge in [0.1, 0.15) is 6.10 Å². The Bertz CT molecular complexity index is 939. The molecule has 36 heavy (non-hydrogen) atoms. The molecular formula is C24H30Cl3NO8. The number of fused-ring (bicyclic) bond motifs is 1. The van der Waals surface area contributed by atoms with E-state index in [1.165, 1.54) is 6.92 Å². The van der Waals surface area contributed by atoms with Gasteiger partial charge in [0.25, 0.3) is 3.79 Å². The summed E-state index contributed by atoms with van der Waals surface area (Å²) in [4.78, 5) is 24.3. The molecule has 9 nitrogen and oxygen atoms in total. The first-order valence-electron chi connectivity index (χ1n) is 11.4. The van der Waals surface area contributed by atoms with Gasteiger partial charge >= 0.3 is 11.9 Å². The molecule has 2 fully saturated rings. The summed E-state index contributed by atoms with van der Waals surface area (Å²) in [6.07, 6.45) is -3.76. The lowest BCUT2D eigenvalue weighted by atomic mass is 9.87. The first-order chi connectivity index (χ1) is 16.8. The minimum Gasteiger partial charge on any atom is -0.466 e. The molecule has 2 heterocycles. The number of ether oxygens (including phenoxy) is 6. The molecular weight excluding hydrogens is 537 g/mol. The second-order valence-electron chi connectivity index (χ2n) is 9.37. The number of hydrogen-bond acceptors (Lipinski definition) is 9. The fraction of sp³-hybridized carbons (Fsp3) is 0.625. The summed E-state index contributed by atoms with van der Waals surface area (Å²) in [5.41, 5.74) is -0.165. The average molecular weight is 567 g/mol. The van der Waals surface area contributed by atoms with Crippen LogP contribution < -0.4 is 0 Å². The topological polar surface area (TPSA) is 113 Å². The molecule has 0 bridgehead atoms. The summed E-state index contributed by atoms with van der Waals surface area (Å²) in [7, 11) is 0. The fourth-order valence-corrected chi connectivity index (χ4v) is 4.00. The standard InChI is InChI=1S/C24H30Cl3NO8/c1-13-17-16(12-32-19(34-17)15-8-6-5-7-9-15)33-20(36-21(28)24(25,26)27)18(13)35-22(30)23(3,4)10-11-31-14(2)29/h5-9,13,16-20,28H,10-12H2,1-4H3/t13-,16?,17-,18?,19?,20+/m0/s1. The molecule has 2 saturated heterocycles. The molecule has 6 atom stereocenters. The number of carbonyl (C=O) groups excluding carboxylic acids is 2. The van der Waals surface area contributed by atoms with Crippen molar-refractivity contribution in [3.63, 3.8) is 0 Å². The second-order valence-corrected chi connectivity index (χ2v) is 11.6. The van der Waals surface area contributed by atoms with Gasteiger partial charge in [0, 0.05) is 18.4 Å². The Morgan fingerprint density at radius 1 is 1.11 bits per heavy atom. The van der Waals surface area contributed by atoms with Gasteiger partial charge in [0.15, 0.2) is 12.4 Å². The van der Waals surface area contributed by atoms with Gasteiger partial charge in [-0.1, -0.05) is 72.1 Å². The Morgan fingerprint density at radius 3 is 2.39 bits per heavy atom. The highest BCUT2D eigenvalue weighted by Gasteiger charge is 2.52. The number of halogens is 3. The summed E-state index contributed by atoms with van der Waals surface area (Å²) in [5.74, 6) is -2.14. The van der Waals surface area contributed by atoms with Crippen LogP contribution in [0.3, 0.4) is 0 Å². The van der Waals surface area contributed by atoms with E-state index in [9.17, 15) is 9.59 Å². The van der Waals surface area contributed by atoms with Gasteiger partial charge in [-0.05, 0) is 20.3 Å². The number of nitrogens with one attached hydrogen (secondary N) is 1. The second kappa shape index (κ2) is 11.8. The van der Waals surface area contributed by atoms with Crippen LogP contribution in [-0.4, -0.2) is 59.4 Å². The van der Waals surface area contributed by atoms with Crippen LogP contribution in [0.2, 0.25) is 0 Å². The van der Waals surface area contributed by atoms with Crippen LogP contribution in [0.5, 0.6) is 0 Å². The molecule has 3 rings (SSSR count). The van der Waals surface area contributed by atoms with Crippen molar-refractivity contribution < 1.29 is 38.0 Å². The lowest BCUT2D eigenvalue weighted by Gasteiger charge is -2.48. The highest BCUT2D eigenvalue weighted by molar-refractivity contribution is 6.76. The fourth-order valence-electron chi connectivity index (χ4n) is 3.87. The van der Waals surface area contributed by atoms with Crippen molar-refractivity contribution in [1.29, 1.82) is 5.41 Å². The number of esters is 2. The van der Waals surface area contributed by atoms with Crippen molar-refractivity contribution in [3.05, 3.63) is 35.9 Å².